The van der Waals surface area contributed by atoms with Gasteiger partial charge in [0.2, 0.25) is 10.0 Å². The molecule has 1 atom stereocenters. The Morgan fingerprint density at radius 1 is 1.05 bits per heavy atom. The van der Waals surface area contributed by atoms with Gasteiger partial charge in [-0.1, -0.05) is 18.2 Å². The highest BCUT2D eigenvalue weighted by molar-refractivity contribution is 7.90. The smallest absolute Gasteiger partial charge is 0.303 e. The Balaban J connectivity index is 1.87. The first-order valence-electron chi connectivity index (χ1n) is 12.5. The number of sulfonamides is 1. The number of benzene rings is 2. The zero-order valence-electron chi connectivity index (χ0n) is 22.2. The lowest BCUT2D eigenvalue weighted by molar-refractivity contribution is -0.137. The molecule has 0 aromatic heterocycles. The van der Waals surface area contributed by atoms with Crippen LogP contribution in [0.4, 0.5) is 36.8 Å². The molecule has 228 valence electrons. The number of urea groups is 1. The van der Waals surface area contributed by atoms with Crippen molar-refractivity contribution < 1.29 is 49.1 Å². The molecule has 0 bridgehead atoms. The predicted octanol–water partition coefficient (Wildman–Crippen LogP) is 4.82. The lowest BCUT2D eigenvalue weighted by atomic mass is 9.88. The molecule has 1 aliphatic carbocycles. The molecule has 4 rings (SSSR count). The molecule has 2 aliphatic rings. The summed E-state index contributed by atoms with van der Waals surface area (Å²) in [6, 6.07) is 8.35. The first kappa shape index (κ1) is 31.5. The van der Waals surface area contributed by atoms with E-state index >= 15 is 0 Å². The molecule has 3 amide bonds. The van der Waals surface area contributed by atoms with Crippen LogP contribution in [0.3, 0.4) is 0 Å². The van der Waals surface area contributed by atoms with Crippen LogP contribution in [0, 0.1) is 17.2 Å². The SMILES string of the molecule is CC1=C(C(=O)C2CC2)C(c2ccc(C#N)cc2)N(CC(=O)NS(=O)(=O)CC(F)(F)F)C(=O)N1c1cccc(C(F)(F)F)c1. The average molecular weight is 629 g/mol. The number of Topliss-reactive ketones (excluding diaryl/α,β-unsaturated/α-hetero) is 1. The van der Waals surface area contributed by atoms with Gasteiger partial charge in [-0.25, -0.2) is 13.2 Å². The van der Waals surface area contributed by atoms with E-state index in [1.165, 1.54) is 35.9 Å². The summed E-state index contributed by atoms with van der Waals surface area (Å²) in [5.41, 5.74) is -1.23. The van der Waals surface area contributed by atoms with Crippen LogP contribution in [0.1, 0.15) is 42.5 Å². The van der Waals surface area contributed by atoms with E-state index in [9.17, 15) is 54.4 Å². The third-order valence-corrected chi connectivity index (χ3v) is 7.93. The van der Waals surface area contributed by atoms with Crippen molar-refractivity contribution >= 4 is 33.4 Å². The summed E-state index contributed by atoms with van der Waals surface area (Å²) in [5.74, 6) is -4.92. The maximum atomic E-state index is 14.0. The van der Waals surface area contributed by atoms with Gasteiger partial charge >= 0.3 is 18.4 Å². The number of ketones is 1. The molecule has 43 heavy (non-hydrogen) atoms. The van der Waals surface area contributed by atoms with Crippen LogP contribution in [-0.4, -0.2) is 49.5 Å². The van der Waals surface area contributed by atoms with Gasteiger partial charge in [-0.2, -0.15) is 31.6 Å². The number of amides is 3. The van der Waals surface area contributed by atoms with E-state index in [4.69, 9.17) is 0 Å². The Kier molecular flexibility index (Phi) is 8.33. The van der Waals surface area contributed by atoms with Gasteiger partial charge < -0.3 is 4.90 Å². The molecular formula is C27H22F6N4O5S. The fourth-order valence-corrected chi connectivity index (χ4v) is 5.63. The van der Waals surface area contributed by atoms with Crippen LogP contribution in [0.2, 0.25) is 0 Å². The van der Waals surface area contributed by atoms with Crippen molar-refractivity contribution in [2.24, 2.45) is 5.92 Å². The Morgan fingerprint density at radius 3 is 2.21 bits per heavy atom. The minimum absolute atomic E-state index is 0.0584. The monoisotopic (exact) mass is 628 g/mol. The van der Waals surface area contributed by atoms with E-state index in [0.717, 1.165) is 23.1 Å². The minimum Gasteiger partial charge on any atom is -0.303 e. The van der Waals surface area contributed by atoms with Crippen LogP contribution >= 0.6 is 0 Å². The van der Waals surface area contributed by atoms with Gasteiger partial charge in [0.25, 0.3) is 5.91 Å². The number of nitrogens with one attached hydrogen (secondary N) is 1. The molecule has 1 aliphatic heterocycles. The highest BCUT2D eigenvalue weighted by Crippen LogP contribution is 2.44. The molecule has 1 fully saturated rings. The largest absolute Gasteiger partial charge is 0.416 e. The molecule has 0 saturated heterocycles. The molecule has 0 radical (unpaired) electrons. The molecule has 2 aromatic carbocycles. The van der Waals surface area contributed by atoms with E-state index in [1.54, 1.807) is 0 Å². The number of carbonyl (C=O) groups is 3. The zero-order valence-corrected chi connectivity index (χ0v) is 23.0. The van der Waals surface area contributed by atoms with Gasteiger partial charge in [-0.3, -0.25) is 19.2 Å². The minimum atomic E-state index is -5.25. The fourth-order valence-electron chi connectivity index (χ4n) is 4.72. The maximum absolute atomic E-state index is 14.0. The molecule has 1 heterocycles. The summed E-state index contributed by atoms with van der Waals surface area (Å²) in [5, 5.41) is 9.19. The van der Waals surface area contributed by atoms with Crippen molar-refractivity contribution in [3.8, 4) is 6.07 Å². The Hall–Kier alpha value is -4.39. The molecule has 1 saturated carbocycles. The molecule has 9 nitrogen and oxygen atoms in total. The predicted molar refractivity (Wildman–Crippen MR) is 138 cm³/mol. The quantitative estimate of drug-likeness (QED) is 0.418. The van der Waals surface area contributed by atoms with Crippen LogP contribution in [0.5, 0.6) is 0 Å². The van der Waals surface area contributed by atoms with Gasteiger partial charge in [-0.15, -0.1) is 0 Å². The number of halogens is 6. The third kappa shape index (κ3) is 7.16. The number of nitrogens with zero attached hydrogens (tertiary/aromatic N) is 3. The van der Waals surface area contributed by atoms with Gasteiger partial charge in [-0.05, 0) is 55.7 Å². The number of anilines is 1. The van der Waals surface area contributed by atoms with Crippen molar-refractivity contribution in [3.05, 3.63) is 76.5 Å². The standard InChI is InChI=1S/C27H22F6N4O5S/c1-15-22(24(39)18-9-10-18)23(17-7-5-16(12-34)6-8-17)36(13-21(38)35-43(41,42)14-26(28,29)30)25(40)37(15)20-4-2-3-19(11-20)27(31,32)33/h2-8,11,18,23H,9-10,13-14H2,1H3,(H,35,38). The third-order valence-electron chi connectivity index (χ3n) is 6.69. The summed E-state index contributed by atoms with van der Waals surface area (Å²) in [6.45, 7) is 0.139. The Labute approximate surface area is 241 Å². The van der Waals surface area contributed by atoms with E-state index < -0.39 is 69.9 Å². The second kappa shape index (κ2) is 11.4. The van der Waals surface area contributed by atoms with Crippen LogP contribution in [0.15, 0.2) is 59.8 Å². The van der Waals surface area contributed by atoms with E-state index in [-0.39, 0.29) is 28.1 Å². The topological polar surface area (TPSA) is 128 Å². The molecule has 2 aromatic rings. The first-order chi connectivity index (χ1) is 19.9. The van der Waals surface area contributed by atoms with Crippen molar-refractivity contribution in [1.29, 1.82) is 5.26 Å². The van der Waals surface area contributed by atoms with Crippen molar-refractivity contribution in [1.82, 2.24) is 9.62 Å². The number of carbonyl (C=O) groups excluding carboxylic acids is 3. The summed E-state index contributed by atoms with van der Waals surface area (Å²) in [7, 11) is -5.25. The summed E-state index contributed by atoms with van der Waals surface area (Å²) in [6.07, 6.45) is -9.05. The molecule has 1 unspecified atom stereocenters. The lowest BCUT2D eigenvalue weighted by Crippen LogP contribution is -2.54. The molecule has 1 N–H and O–H groups in total. The normalized spacial score (nSPS) is 18.0. The number of hydrogen-bond donors (Lipinski definition) is 1. The highest BCUT2D eigenvalue weighted by atomic mass is 32.2. The number of nitriles is 1. The maximum Gasteiger partial charge on any atom is 0.416 e. The van der Waals surface area contributed by atoms with Gasteiger partial charge in [0.05, 0.1) is 28.9 Å². The molecule has 16 heteroatoms. The highest BCUT2D eigenvalue weighted by Gasteiger charge is 2.47. The fraction of sp³-hybridized carbons (Fsp3) is 0.333. The van der Waals surface area contributed by atoms with Gasteiger partial charge in [0.1, 0.15) is 6.54 Å². The summed E-state index contributed by atoms with van der Waals surface area (Å²) in [4.78, 5) is 41.8. The van der Waals surface area contributed by atoms with Crippen molar-refractivity contribution in [2.45, 2.75) is 38.2 Å². The van der Waals surface area contributed by atoms with E-state index in [2.05, 4.69) is 0 Å². The molecule has 0 spiro atoms. The van der Waals surface area contributed by atoms with Crippen molar-refractivity contribution in [3.63, 3.8) is 0 Å². The Bertz CT molecular complexity index is 1640. The summed E-state index contributed by atoms with van der Waals surface area (Å²) >= 11 is 0. The zero-order chi connectivity index (χ0) is 31.9. The lowest BCUT2D eigenvalue weighted by Gasteiger charge is -2.43. The first-order valence-corrected chi connectivity index (χ1v) is 14.2. The Morgan fingerprint density at radius 2 is 1.67 bits per heavy atom. The van der Waals surface area contributed by atoms with Gasteiger partial charge in [0, 0.05) is 17.2 Å². The average Bonchev–Trinajstić information content (AvgIpc) is 3.73. The van der Waals surface area contributed by atoms with E-state index in [1.807, 2.05) is 6.07 Å². The van der Waals surface area contributed by atoms with Crippen LogP contribution in [0.25, 0.3) is 0 Å². The van der Waals surface area contributed by atoms with E-state index in [0.29, 0.717) is 23.8 Å². The second-order valence-corrected chi connectivity index (χ2v) is 11.7. The van der Waals surface area contributed by atoms with Crippen molar-refractivity contribution in [2.75, 3.05) is 17.2 Å². The van der Waals surface area contributed by atoms with Crippen LogP contribution < -0.4 is 9.62 Å². The summed E-state index contributed by atoms with van der Waals surface area (Å²) < 4.78 is 104. The van der Waals surface area contributed by atoms with Crippen LogP contribution in [-0.2, 0) is 25.8 Å². The second-order valence-electron chi connectivity index (χ2n) is 9.97. The number of rotatable bonds is 8. The molecular weight excluding hydrogens is 606 g/mol. The number of alkyl halides is 6. The number of allylic oxidation sites excluding steroid dienone is 1. The van der Waals surface area contributed by atoms with Gasteiger partial charge in [0.15, 0.2) is 11.5 Å². The number of hydrogen-bond acceptors (Lipinski definition) is 6.